The molecule has 1 aromatic heterocycles. The number of carbonyl (C=O) groups excluding carboxylic acids is 1. The van der Waals surface area contributed by atoms with Crippen molar-refractivity contribution in [3.05, 3.63) is 122 Å². The average molecular weight is 426 g/mol. The van der Waals surface area contributed by atoms with Crippen molar-refractivity contribution in [2.75, 3.05) is 0 Å². The van der Waals surface area contributed by atoms with Crippen LogP contribution in [-0.2, 0) is 13.0 Å². The number of ketones is 1. The van der Waals surface area contributed by atoms with Gasteiger partial charge < -0.3 is 4.57 Å². The molecule has 0 aliphatic heterocycles. The number of aryl methyl sites for hydroxylation is 1. The monoisotopic (exact) mass is 426 g/mol. The minimum Gasteiger partial charge on any atom is -0.343 e. The molecular weight excluding hydrogens is 404 g/mol. The van der Waals surface area contributed by atoms with Crippen LogP contribution in [0.15, 0.2) is 83.7 Å². The summed E-state index contributed by atoms with van der Waals surface area (Å²) in [6, 6.07) is 22.6. The van der Waals surface area contributed by atoms with Crippen molar-refractivity contribution in [1.82, 2.24) is 4.57 Å². The first-order valence-corrected chi connectivity index (χ1v) is 10.5. The molecular formula is C26H22N2O4. The van der Waals surface area contributed by atoms with E-state index in [0.29, 0.717) is 29.7 Å². The number of nitro groups is 1. The highest BCUT2D eigenvalue weighted by Gasteiger charge is 2.24. The summed E-state index contributed by atoms with van der Waals surface area (Å²) in [5, 5.41) is 11.5. The Balaban J connectivity index is 2.07. The van der Waals surface area contributed by atoms with Gasteiger partial charge in [-0.3, -0.25) is 19.7 Å². The van der Waals surface area contributed by atoms with Gasteiger partial charge in [-0.25, -0.2) is 0 Å². The Kier molecular flexibility index (Phi) is 5.94. The third-order valence-corrected chi connectivity index (χ3v) is 5.49. The van der Waals surface area contributed by atoms with Crippen LogP contribution in [0.25, 0.3) is 10.9 Å². The number of non-ortho nitro benzene ring substituents is 1. The normalized spacial score (nSPS) is 10.9. The number of nitrogens with zero attached hydrogens (tertiary/aromatic N) is 2. The van der Waals surface area contributed by atoms with Crippen LogP contribution in [0.4, 0.5) is 5.69 Å². The Morgan fingerprint density at radius 2 is 1.62 bits per heavy atom. The fraction of sp³-hybridized carbons (Fsp3) is 0.154. The van der Waals surface area contributed by atoms with Gasteiger partial charge in [0.25, 0.3) is 5.69 Å². The smallest absolute Gasteiger partial charge is 0.270 e. The van der Waals surface area contributed by atoms with Gasteiger partial charge in [-0.1, -0.05) is 67.6 Å². The summed E-state index contributed by atoms with van der Waals surface area (Å²) in [7, 11) is 0. The Labute approximate surface area is 184 Å². The zero-order valence-corrected chi connectivity index (χ0v) is 17.7. The fourth-order valence-electron chi connectivity index (χ4n) is 4.02. The van der Waals surface area contributed by atoms with Gasteiger partial charge in [0.15, 0.2) is 5.78 Å². The fourth-order valence-corrected chi connectivity index (χ4v) is 4.02. The number of carbonyl (C=O) groups is 1. The van der Waals surface area contributed by atoms with Crippen molar-refractivity contribution in [2.24, 2.45) is 0 Å². The number of rotatable bonds is 7. The highest BCUT2D eigenvalue weighted by Crippen LogP contribution is 2.25. The first-order valence-electron chi connectivity index (χ1n) is 10.5. The Morgan fingerprint density at radius 1 is 0.969 bits per heavy atom. The van der Waals surface area contributed by atoms with Crippen molar-refractivity contribution in [3.63, 3.8) is 0 Å². The van der Waals surface area contributed by atoms with E-state index in [4.69, 9.17) is 0 Å². The molecule has 4 aromatic rings. The van der Waals surface area contributed by atoms with E-state index in [9.17, 15) is 19.7 Å². The van der Waals surface area contributed by atoms with Crippen molar-refractivity contribution in [1.29, 1.82) is 0 Å². The van der Waals surface area contributed by atoms with Gasteiger partial charge in [0, 0.05) is 36.4 Å². The number of nitro benzene ring substituents is 1. The van der Waals surface area contributed by atoms with Crippen molar-refractivity contribution < 1.29 is 9.72 Å². The maximum atomic E-state index is 13.6. The maximum Gasteiger partial charge on any atom is 0.270 e. The molecule has 0 amide bonds. The Bertz CT molecular complexity index is 1360. The molecule has 0 unspecified atom stereocenters. The van der Waals surface area contributed by atoms with Gasteiger partial charge in [-0.2, -0.15) is 0 Å². The van der Waals surface area contributed by atoms with Gasteiger partial charge in [0.2, 0.25) is 5.43 Å². The Morgan fingerprint density at radius 3 is 2.25 bits per heavy atom. The minimum atomic E-state index is -0.528. The molecule has 0 saturated heterocycles. The minimum absolute atomic E-state index is 0.0708. The van der Waals surface area contributed by atoms with Gasteiger partial charge >= 0.3 is 0 Å². The lowest BCUT2D eigenvalue weighted by Crippen LogP contribution is -2.25. The molecule has 32 heavy (non-hydrogen) atoms. The molecule has 0 aliphatic rings. The van der Waals surface area contributed by atoms with Crippen LogP contribution in [0, 0.1) is 10.1 Å². The highest BCUT2D eigenvalue weighted by atomic mass is 16.6. The standard InChI is InChI=1S/C26H22N2O4/c1-2-15-27-22-14-13-20(28(31)32)17-21(22)26(30)24(25(29)19-11-7-4-8-12-19)23(27)16-18-9-5-3-6-10-18/h3-14,17H,2,15-16H2,1H3. The van der Waals surface area contributed by atoms with Crippen LogP contribution < -0.4 is 5.43 Å². The van der Waals surface area contributed by atoms with E-state index in [1.54, 1.807) is 36.4 Å². The maximum absolute atomic E-state index is 13.6. The SMILES string of the molecule is CCCn1c(Cc2ccccc2)c(C(=O)c2ccccc2)c(=O)c2cc([N+](=O)[O-])ccc21. The van der Waals surface area contributed by atoms with E-state index in [0.717, 1.165) is 12.0 Å². The summed E-state index contributed by atoms with van der Waals surface area (Å²) in [6.45, 7) is 2.59. The Hall–Kier alpha value is -4.06. The lowest BCUT2D eigenvalue weighted by Gasteiger charge is -2.20. The first-order chi connectivity index (χ1) is 15.5. The highest BCUT2D eigenvalue weighted by molar-refractivity contribution is 6.11. The first kappa shape index (κ1) is 21.2. The van der Waals surface area contributed by atoms with Gasteiger partial charge in [0.1, 0.15) is 0 Å². The molecule has 160 valence electrons. The molecule has 6 nitrogen and oxygen atoms in total. The van der Waals surface area contributed by atoms with E-state index in [2.05, 4.69) is 0 Å². The third-order valence-electron chi connectivity index (χ3n) is 5.49. The molecule has 0 bridgehead atoms. The van der Waals surface area contributed by atoms with Crippen LogP contribution in [0.1, 0.15) is 40.5 Å². The van der Waals surface area contributed by atoms with Crippen LogP contribution in [-0.4, -0.2) is 15.3 Å². The van der Waals surface area contributed by atoms with Crippen LogP contribution in [0.3, 0.4) is 0 Å². The third kappa shape index (κ3) is 3.95. The molecule has 4 rings (SSSR count). The predicted molar refractivity (Wildman–Crippen MR) is 124 cm³/mol. The number of fused-ring (bicyclic) bond motifs is 1. The molecule has 0 atom stereocenters. The zero-order valence-electron chi connectivity index (χ0n) is 17.7. The van der Waals surface area contributed by atoms with Gasteiger partial charge in [0.05, 0.1) is 21.4 Å². The lowest BCUT2D eigenvalue weighted by atomic mass is 9.95. The summed E-state index contributed by atoms with van der Waals surface area (Å²) in [6.07, 6.45) is 1.17. The lowest BCUT2D eigenvalue weighted by molar-refractivity contribution is -0.384. The molecule has 0 aliphatic carbocycles. The number of benzene rings is 3. The quantitative estimate of drug-likeness (QED) is 0.233. The van der Waals surface area contributed by atoms with E-state index in [1.165, 1.54) is 12.1 Å². The van der Waals surface area contributed by atoms with Crippen molar-refractivity contribution >= 4 is 22.4 Å². The molecule has 0 radical (unpaired) electrons. The molecule has 0 saturated carbocycles. The van der Waals surface area contributed by atoms with Crippen molar-refractivity contribution in [2.45, 2.75) is 26.3 Å². The summed E-state index contributed by atoms with van der Waals surface area (Å²) in [4.78, 5) is 38.0. The summed E-state index contributed by atoms with van der Waals surface area (Å²) >= 11 is 0. The second kappa shape index (κ2) is 8.98. The second-order valence-corrected chi connectivity index (χ2v) is 7.62. The molecule has 0 spiro atoms. The van der Waals surface area contributed by atoms with E-state index < -0.39 is 10.4 Å². The molecule has 0 N–H and O–H groups in total. The van der Waals surface area contributed by atoms with E-state index in [1.807, 2.05) is 41.8 Å². The van der Waals surface area contributed by atoms with E-state index in [-0.39, 0.29) is 22.4 Å². The van der Waals surface area contributed by atoms with Crippen LogP contribution >= 0.6 is 0 Å². The van der Waals surface area contributed by atoms with Gasteiger partial charge in [-0.05, 0) is 18.1 Å². The zero-order chi connectivity index (χ0) is 22.7. The van der Waals surface area contributed by atoms with E-state index >= 15 is 0 Å². The topological polar surface area (TPSA) is 82.2 Å². The summed E-state index contributed by atoms with van der Waals surface area (Å²) < 4.78 is 1.96. The van der Waals surface area contributed by atoms with Crippen LogP contribution in [0.5, 0.6) is 0 Å². The van der Waals surface area contributed by atoms with Gasteiger partial charge in [-0.15, -0.1) is 0 Å². The number of aromatic nitrogens is 1. The number of hydrogen-bond donors (Lipinski definition) is 0. The summed E-state index contributed by atoms with van der Waals surface area (Å²) in [5.41, 5.74) is 2.02. The summed E-state index contributed by atoms with van der Waals surface area (Å²) in [5.74, 6) is -0.375. The number of hydrogen-bond acceptors (Lipinski definition) is 4. The molecule has 3 aromatic carbocycles. The molecule has 6 heteroatoms. The molecule has 1 heterocycles. The average Bonchev–Trinajstić information content (AvgIpc) is 2.82. The predicted octanol–water partition coefficient (Wildman–Crippen LogP) is 5.14. The number of pyridine rings is 1. The van der Waals surface area contributed by atoms with Crippen molar-refractivity contribution in [3.8, 4) is 0 Å². The molecule has 0 fully saturated rings. The van der Waals surface area contributed by atoms with Crippen LogP contribution in [0.2, 0.25) is 0 Å². The largest absolute Gasteiger partial charge is 0.343 e. The second-order valence-electron chi connectivity index (χ2n) is 7.62.